The molecule has 0 aliphatic carbocycles. The molecule has 0 aliphatic heterocycles. The zero-order chi connectivity index (χ0) is 22.2. The highest BCUT2D eigenvalue weighted by Crippen LogP contribution is 2.33. The molecule has 1 aromatic heterocycles. The summed E-state index contributed by atoms with van der Waals surface area (Å²) in [6.07, 6.45) is 1.36. The Balaban J connectivity index is 1.98. The minimum atomic E-state index is -3.89. The summed E-state index contributed by atoms with van der Waals surface area (Å²) in [5.41, 5.74) is 4.71. The van der Waals surface area contributed by atoms with Crippen molar-refractivity contribution in [3.05, 3.63) is 89.5 Å². The molecule has 5 nitrogen and oxygen atoms in total. The zero-order valence-electron chi connectivity index (χ0n) is 17.5. The van der Waals surface area contributed by atoms with Crippen LogP contribution in [0, 0.1) is 13.8 Å². The number of carbonyl (C=O) groups is 1. The van der Waals surface area contributed by atoms with Crippen molar-refractivity contribution in [2.24, 2.45) is 4.40 Å². The number of aromatic nitrogens is 1. The maximum absolute atomic E-state index is 12.8. The van der Waals surface area contributed by atoms with Gasteiger partial charge in [0.15, 0.2) is 0 Å². The second kappa shape index (κ2) is 7.96. The van der Waals surface area contributed by atoms with Crippen molar-refractivity contribution in [3.63, 3.8) is 0 Å². The van der Waals surface area contributed by atoms with Crippen LogP contribution in [0.3, 0.4) is 0 Å². The summed E-state index contributed by atoms with van der Waals surface area (Å²) in [4.78, 5) is 12.7. The van der Waals surface area contributed by atoms with E-state index in [4.69, 9.17) is 0 Å². The number of carbonyl (C=O) groups excluding carboxylic acids is 1. The van der Waals surface area contributed by atoms with E-state index in [0.29, 0.717) is 16.8 Å². The standard InChI is InChI=1S/C25H22N2O3S/c1-17-9-12-21(13-10-17)31(29,30)26-16-23-22-15-18(2)11-14-24(22)27(19(3)28)25(23)20-7-5-4-6-8-20/h4-16H,1-3H3/b26-16+. The van der Waals surface area contributed by atoms with Crippen LogP contribution in [0.4, 0.5) is 0 Å². The van der Waals surface area contributed by atoms with Gasteiger partial charge in [0.05, 0.1) is 22.3 Å². The number of fused-ring (bicyclic) bond motifs is 1. The number of hydrogen-bond acceptors (Lipinski definition) is 3. The predicted molar refractivity (Wildman–Crippen MR) is 124 cm³/mol. The summed E-state index contributed by atoms with van der Waals surface area (Å²) in [6.45, 7) is 5.34. The molecule has 0 bridgehead atoms. The molecule has 0 radical (unpaired) electrons. The summed E-state index contributed by atoms with van der Waals surface area (Å²) in [6, 6.07) is 21.8. The molecule has 31 heavy (non-hydrogen) atoms. The molecule has 0 aliphatic rings. The van der Waals surface area contributed by atoms with Crippen LogP contribution in [0.15, 0.2) is 82.1 Å². The molecule has 4 rings (SSSR count). The van der Waals surface area contributed by atoms with Crippen LogP contribution < -0.4 is 0 Å². The van der Waals surface area contributed by atoms with Gasteiger partial charge in [-0.25, -0.2) is 0 Å². The smallest absolute Gasteiger partial charge is 0.279 e. The Labute approximate surface area is 181 Å². The van der Waals surface area contributed by atoms with Gasteiger partial charge < -0.3 is 0 Å². The van der Waals surface area contributed by atoms with Gasteiger partial charge in [0.1, 0.15) is 0 Å². The summed E-state index contributed by atoms with van der Waals surface area (Å²) in [7, 11) is -3.89. The maximum Gasteiger partial charge on any atom is 0.282 e. The first kappa shape index (κ1) is 20.8. The lowest BCUT2D eigenvalue weighted by molar-refractivity contribution is 0.0943. The topological polar surface area (TPSA) is 68.5 Å². The lowest BCUT2D eigenvalue weighted by Gasteiger charge is -2.08. The maximum atomic E-state index is 12.8. The molecule has 0 atom stereocenters. The van der Waals surface area contributed by atoms with Gasteiger partial charge in [-0.2, -0.15) is 12.8 Å². The summed E-state index contributed by atoms with van der Waals surface area (Å²) >= 11 is 0. The average molecular weight is 431 g/mol. The van der Waals surface area contributed by atoms with Crippen molar-refractivity contribution in [1.29, 1.82) is 0 Å². The van der Waals surface area contributed by atoms with Crippen molar-refractivity contribution < 1.29 is 13.2 Å². The molecule has 0 spiro atoms. The highest BCUT2D eigenvalue weighted by Gasteiger charge is 2.21. The number of sulfonamides is 1. The Hall–Kier alpha value is -3.51. The van der Waals surface area contributed by atoms with Gasteiger partial charge in [-0.1, -0.05) is 59.7 Å². The molecule has 0 fully saturated rings. The van der Waals surface area contributed by atoms with Crippen LogP contribution in [-0.2, 0) is 10.0 Å². The molecule has 3 aromatic carbocycles. The van der Waals surface area contributed by atoms with Gasteiger partial charge in [-0.15, -0.1) is 0 Å². The molecule has 0 saturated carbocycles. The van der Waals surface area contributed by atoms with E-state index in [-0.39, 0.29) is 10.8 Å². The number of rotatable bonds is 4. The van der Waals surface area contributed by atoms with Crippen LogP contribution in [0.5, 0.6) is 0 Å². The number of benzene rings is 3. The normalized spacial score (nSPS) is 12.0. The van der Waals surface area contributed by atoms with E-state index in [0.717, 1.165) is 22.1 Å². The second-order valence-electron chi connectivity index (χ2n) is 7.53. The molecule has 156 valence electrons. The minimum Gasteiger partial charge on any atom is -0.279 e. The van der Waals surface area contributed by atoms with Gasteiger partial charge >= 0.3 is 0 Å². The van der Waals surface area contributed by atoms with Crippen molar-refractivity contribution in [2.45, 2.75) is 25.7 Å². The molecule has 6 heteroatoms. The number of hydrogen-bond donors (Lipinski definition) is 0. The van der Waals surface area contributed by atoms with E-state index < -0.39 is 10.0 Å². The van der Waals surface area contributed by atoms with Crippen LogP contribution in [0.1, 0.15) is 28.4 Å². The molecule has 4 aromatic rings. The second-order valence-corrected chi connectivity index (χ2v) is 9.16. The first-order valence-corrected chi connectivity index (χ1v) is 11.3. The van der Waals surface area contributed by atoms with E-state index in [1.54, 1.807) is 28.8 Å². The van der Waals surface area contributed by atoms with E-state index in [9.17, 15) is 13.2 Å². The van der Waals surface area contributed by atoms with Crippen LogP contribution in [-0.4, -0.2) is 25.1 Å². The lowest BCUT2D eigenvalue weighted by atomic mass is 10.0. The Kier molecular flexibility index (Phi) is 5.33. The molecule has 0 N–H and O–H groups in total. The minimum absolute atomic E-state index is 0.127. The fourth-order valence-electron chi connectivity index (χ4n) is 3.66. The highest BCUT2D eigenvalue weighted by atomic mass is 32.2. The molecule has 0 saturated heterocycles. The zero-order valence-corrected chi connectivity index (χ0v) is 18.3. The van der Waals surface area contributed by atoms with Gasteiger partial charge in [-0.3, -0.25) is 9.36 Å². The first-order chi connectivity index (χ1) is 14.8. The highest BCUT2D eigenvalue weighted by molar-refractivity contribution is 7.90. The SMILES string of the molecule is CC(=O)n1c(-c2ccccc2)c(/C=N/S(=O)(=O)c2ccc(C)cc2)c2cc(C)ccc21. The fraction of sp³-hybridized carbons (Fsp3) is 0.120. The van der Waals surface area contributed by atoms with E-state index in [1.807, 2.05) is 62.4 Å². The first-order valence-electron chi connectivity index (χ1n) is 9.86. The van der Waals surface area contributed by atoms with Crippen molar-refractivity contribution in [1.82, 2.24) is 4.57 Å². The Morgan fingerprint density at radius 2 is 1.55 bits per heavy atom. The van der Waals surface area contributed by atoms with E-state index in [1.165, 1.54) is 13.1 Å². The summed E-state index contributed by atoms with van der Waals surface area (Å²) in [5.74, 6) is -0.159. The Morgan fingerprint density at radius 1 is 0.903 bits per heavy atom. The number of nitrogens with zero attached hydrogens (tertiary/aromatic N) is 2. The molecular formula is C25H22N2O3S. The van der Waals surface area contributed by atoms with E-state index >= 15 is 0 Å². The summed E-state index contributed by atoms with van der Waals surface area (Å²) < 4.78 is 31.3. The van der Waals surface area contributed by atoms with Gasteiger partial charge in [0.2, 0.25) is 5.91 Å². The lowest BCUT2D eigenvalue weighted by Crippen LogP contribution is -2.07. The third kappa shape index (κ3) is 3.94. The quantitative estimate of drug-likeness (QED) is 0.408. The largest absolute Gasteiger partial charge is 0.282 e. The van der Waals surface area contributed by atoms with Crippen molar-refractivity contribution >= 4 is 33.0 Å². The molecule has 1 heterocycles. The van der Waals surface area contributed by atoms with Crippen molar-refractivity contribution in [3.8, 4) is 11.3 Å². The van der Waals surface area contributed by atoms with Crippen LogP contribution in [0.2, 0.25) is 0 Å². The predicted octanol–water partition coefficient (Wildman–Crippen LogP) is 5.39. The van der Waals surface area contributed by atoms with Gasteiger partial charge in [0.25, 0.3) is 10.0 Å². The summed E-state index contributed by atoms with van der Waals surface area (Å²) in [5, 5.41) is 0.775. The van der Waals surface area contributed by atoms with Gasteiger partial charge in [0, 0.05) is 17.9 Å². The Bertz CT molecular complexity index is 1420. The average Bonchev–Trinajstić information content (AvgIpc) is 3.07. The molecule has 0 unspecified atom stereocenters. The molecule has 0 amide bonds. The van der Waals surface area contributed by atoms with Gasteiger partial charge in [-0.05, 0) is 43.7 Å². The van der Waals surface area contributed by atoms with E-state index in [2.05, 4.69) is 4.40 Å². The van der Waals surface area contributed by atoms with Crippen LogP contribution in [0.25, 0.3) is 22.2 Å². The third-order valence-corrected chi connectivity index (χ3v) is 6.41. The Morgan fingerprint density at radius 3 is 2.19 bits per heavy atom. The third-order valence-electron chi connectivity index (χ3n) is 5.16. The van der Waals surface area contributed by atoms with Crippen molar-refractivity contribution in [2.75, 3.05) is 0 Å². The fourth-order valence-corrected chi connectivity index (χ4v) is 4.51. The molecular weight excluding hydrogens is 408 g/mol. The number of aryl methyl sites for hydroxylation is 2. The van der Waals surface area contributed by atoms with Crippen LogP contribution >= 0.6 is 0 Å². The monoisotopic (exact) mass is 430 g/mol.